The van der Waals surface area contributed by atoms with Crippen molar-refractivity contribution in [1.29, 1.82) is 0 Å². The summed E-state index contributed by atoms with van der Waals surface area (Å²) in [5.41, 5.74) is -0.121. The maximum atomic E-state index is 13.5. The molecule has 1 saturated heterocycles. The average Bonchev–Trinajstić information content (AvgIpc) is 2.78. The van der Waals surface area contributed by atoms with Gasteiger partial charge in [0, 0.05) is 11.8 Å². The summed E-state index contributed by atoms with van der Waals surface area (Å²) in [6.07, 6.45) is 1.76. The highest BCUT2D eigenvalue weighted by atomic mass is 19.1. The number of carbonyl (C=O) groups excluding carboxylic acids is 1. The SMILES string of the molecule is COc1ccc(NC(=O)C2(C)CCCN2)cc1F. The highest BCUT2D eigenvalue weighted by Gasteiger charge is 2.35. The van der Waals surface area contributed by atoms with Crippen LogP contribution in [0.15, 0.2) is 18.2 Å². The van der Waals surface area contributed by atoms with Crippen molar-refractivity contribution >= 4 is 11.6 Å². The Labute approximate surface area is 106 Å². The Bertz CT molecular complexity index is 456. The highest BCUT2D eigenvalue weighted by Crippen LogP contribution is 2.24. The summed E-state index contributed by atoms with van der Waals surface area (Å²) in [4.78, 5) is 12.1. The molecular weight excluding hydrogens is 235 g/mol. The number of benzene rings is 1. The van der Waals surface area contributed by atoms with E-state index in [-0.39, 0.29) is 11.7 Å². The number of methoxy groups -OCH3 is 1. The lowest BCUT2D eigenvalue weighted by Crippen LogP contribution is -2.47. The van der Waals surface area contributed by atoms with E-state index >= 15 is 0 Å². The molecule has 1 heterocycles. The number of carbonyl (C=O) groups is 1. The van der Waals surface area contributed by atoms with Crippen LogP contribution in [0.4, 0.5) is 10.1 Å². The molecule has 0 aromatic heterocycles. The number of amides is 1. The molecule has 1 fully saturated rings. The summed E-state index contributed by atoms with van der Waals surface area (Å²) in [6, 6.07) is 4.38. The average molecular weight is 252 g/mol. The third kappa shape index (κ3) is 2.46. The van der Waals surface area contributed by atoms with E-state index in [1.807, 2.05) is 6.92 Å². The van der Waals surface area contributed by atoms with Gasteiger partial charge in [-0.3, -0.25) is 4.79 Å². The Morgan fingerprint density at radius 3 is 2.89 bits per heavy atom. The fourth-order valence-electron chi connectivity index (χ4n) is 2.10. The Hall–Kier alpha value is -1.62. The maximum Gasteiger partial charge on any atom is 0.244 e. The van der Waals surface area contributed by atoms with Crippen molar-refractivity contribution in [2.24, 2.45) is 0 Å². The van der Waals surface area contributed by atoms with Gasteiger partial charge in [-0.1, -0.05) is 0 Å². The topological polar surface area (TPSA) is 50.4 Å². The Morgan fingerprint density at radius 2 is 2.33 bits per heavy atom. The number of anilines is 1. The van der Waals surface area contributed by atoms with Gasteiger partial charge < -0.3 is 15.4 Å². The molecule has 0 saturated carbocycles. The van der Waals surface area contributed by atoms with Gasteiger partial charge in [-0.25, -0.2) is 4.39 Å². The van der Waals surface area contributed by atoms with Crippen molar-refractivity contribution in [2.75, 3.05) is 19.0 Å². The van der Waals surface area contributed by atoms with E-state index in [0.717, 1.165) is 19.4 Å². The molecule has 5 heteroatoms. The van der Waals surface area contributed by atoms with Gasteiger partial charge in [0.15, 0.2) is 11.6 Å². The van der Waals surface area contributed by atoms with Gasteiger partial charge in [-0.2, -0.15) is 0 Å². The zero-order valence-electron chi connectivity index (χ0n) is 10.5. The van der Waals surface area contributed by atoms with Crippen molar-refractivity contribution in [3.05, 3.63) is 24.0 Å². The molecule has 1 aliphatic rings. The second-order valence-electron chi connectivity index (χ2n) is 4.67. The molecule has 1 aliphatic heterocycles. The van der Waals surface area contributed by atoms with E-state index in [1.165, 1.54) is 19.2 Å². The van der Waals surface area contributed by atoms with Crippen LogP contribution in [0.1, 0.15) is 19.8 Å². The maximum absolute atomic E-state index is 13.5. The van der Waals surface area contributed by atoms with Gasteiger partial charge in [0.05, 0.1) is 12.6 Å². The minimum atomic E-state index is -0.559. The van der Waals surface area contributed by atoms with E-state index < -0.39 is 11.4 Å². The van der Waals surface area contributed by atoms with Crippen LogP contribution in [0, 0.1) is 5.82 Å². The molecule has 0 bridgehead atoms. The second-order valence-corrected chi connectivity index (χ2v) is 4.67. The summed E-state index contributed by atoms with van der Waals surface area (Å²) in [7, 11) is 1.40. The predicted octanol–water partition coefficient (Wildman–Crippen LogP) is 1.91. The van der Waals surface area contributed by atoms with E-state index in [2.05, 4.69) is 10.6 Å². The molecule has 0 aliphatic carbocycles. The van der Waals surface area contributed by atoms with Gasteiger partial charge >= 0.3 is 0 Å². The first-order valence-corrected chi connectivity index (χ1v) is 5.95. The van der Waals surface area contributed by atoms with Crippen LogP contribution in [0.3, 0.4) is 0 Å². The van der Waals surface area contributed by atoms with E-state index in [1.54, 1.807) is 6.07 Å². The van der Waals surface area contributed by atoms with Crippen molar-refractivity contribution < 1.29 is 13.9 Å². The third-order valence-corrected chi connectivity index (χ3v) is 3.28. The lowest BCUT2D eigenvalue weighted by molar-refractivity contribution is -0.121. The number of nitrogens with one attached hydrogen (secondary N) is 2. The zero-order chi connectivity index (χ0) is 13.2. The molecular formula is C13H17FN2O2. The quantitative estimate of drug-likeness (QED) is 0.864. The molecule has 1 unspecified atom stereocenters. The van der Waals surface area contributed by atoms with Crippen LogP contribution in [0.2, 0.25) is 0 Å². The molecule has 4 nitrogen and oxygen atoms in total. The summed E-state index contributed by atoms with van der Waals surface area (Å²) in [5, 5.41) is 5.88. The van der Waals surface area contributed by atoms with Crippen LogP contribution in [-0.4, -0.2) is 25.1 Å². The lowest BCUT2D eigenvalue weighted by Gasteiger charge is -2.23. The number of halogens is 1. The number of ether oxygens (including phenoxy) is 1. The Kier molecular flexibility index (Phi) is 3.52. The highest BCUT2D eigenvalue weighted by molar-refractivity contribution is 5.98. The van der Waals surface area contributed by atoms with E-state index in [4.69, 9.17) is 4.74 Å². The molecule has 1 atom stereocenters. The summed E-state index contributed by atoms with van der Waals surface area (Å²) >= 11 is 0. The smallest absolute Gasteiger partial charge is 0.244 e. The number of hydrogen-bond donors (Lipinski definition) is 2. The summed E-state index contributed by atoms with van der Waals surface area (Å²) in [6.45, 7) is 2.69. The van der Waals surface area contributed by atoms with E-state index in [0.29, 0.717) is 5.69 Å². The molecule has 2 rings (SSSR count). The summed E-state index contributed by atoms with van der Waals surface area (Å²) < 4.78 is 18.3. The monoisotopic (exact) mass is 252 g/mol. The first-order chi connectivity index (χ1) is 8.55. The van der Waals surface area contributed by atoms with Gasteiger partial charge in [0.25, 0.3) is 0 Å². The standard InChI is InChI=1S/C13H17FN2O2/c1-13(6-3-7-15-13)12(17)16-9-4-5-11(18-2)10(14)8-9/h4-5,8,15H,3,6-7H2,1-2H3,(H,16,17). The fourth-order valence-corrected chi connectivity index (χ4v) is 2.10. The Balaban J connectivity index is 2.09. The molecule has 1 amide bonds. The van der Waals surface area contributed by atoms with Crippen molar-refractivity contribution in [2.45, 2.75) is 25.3 Å². The van der Waals surface area contributed by atoms with Crippen LogP contribution in [0.5, 0.6) is 5.75 Å². The van der Waals surface area contributed by atoms with Gasteiger partial charge in [-0.15, -0.1) is 0 Å². The van der Waals surface area contributed by atoms with Crippen LogP contribution < -0.4 is 15.4 Å². The van der Waals surface area contributed by atoms with Crippen molar-refractivity contribution in [3.63, 3.8) is 0 Å². The Morgan fingerprint density at radius 1 is 1.56 bits per heavy atom. The third-order valence-electron chi connectivity index (χ3n) is 3.28. The normalized spacial score (nSPS) is 22.8. The van der Waals surface area contributed by atoms with Gasteiger partial charge in [0.1, 0.15) is 0 Å². The van der Waals surface area contributed by atoms with E-state index in [9.17, 15) is 9.18 Å². The zero-order valence-corrected chi connectivity index (χ0v) is 10.5. The largest absolute Gasteiger partial charge is 0.494 e. The first kappa shape index (κ1) is 12.8. The first-order valence-electron chi connectivity index (χ1n) is 5.95. The van der Waals surface area contributed by atoms with Crippen molar-refractivity contribution in [3.8, 4) is 5.75 Å². The number of rotatable bonds is 3. The molecule has 2 N–H and O–H groups in total. The molecule has 0 spiro atoms. The van der Waals surface area contributed by atoms with Gasteiger partial charge in [-0.05, 0) is 38.4 Å². The molecule has 1 aromatic carbocycles. The summed E-state index contributed by atoms with van der Waals surface area (Å²) in [5.74, 6) is -0.456. The second kappa shape index (κ2) is 4.94. The van der Waals surface area contributed by atoms with Crippen LogP contribution in [-0.2, 0) is 4.79 Å². The minimum absolute atomic E-state index is 0.135. The van der Waals surface area contributed by atoms with Crippen LogP contribution >= 0.6 is 0 Å². The number of hydrogen-bond acceptors (Lipinski definition) is 3. The minimum Gasteiger partial charge on any atom is -0.494 e. The van der Waals surface area contributed by atoms with Crippen LogP contribution in [0.25, 0.3) is 0 Å². The molecule has 1 aromatic rings. The predicted molar refractivity (Wildman–Crippen MR) is 67.2 cm³/mol. The fraction of sp³-hybridized carbons (Fsp3) is 0.462. The van der Waals surface area contributed by atoms with Gasteiger partial charge in [0.2, 0.25) is 5.91 Å². The lowest BCUT2D eigenvalue weighted by atomic mass is 9.99. The van der Waals surface area contributed by atoms with Crippen molar-refractivity contribution in [1.82, 2.24) is 5.32 Å². The molecule has 98 valence electrons. The molecule has 18 heavy (non-hydrogen) atoms. The molecule has 0 radical (unpaired) electrons.